The van der Waals surface area contributed by atoms with Crippen LogP contribution in [0.15, 0.2) is 24.3 Å². The summed E-state index contributed by atoms with van der Waals surface area (Å²) in [5, 5.41) is 3.19. The molecule has 1 N–H and O–H groups in total. The Morgan fingerprint density at radius 3 is 2.50 bits per heavy atom. The first-order valence-electron chi connectivity index (χ1n) is 6.78. The summed E-state index contributed by atoms with van der Waals surface area (Å²) < 4.78 is 28.1. The van der Waals surface area contributed by atoms with Crippen molar-refractivity contribution < 1.29 is 13.2 Å². The number of hydrogen-bond donors (Lipinski definition) is 1. The number of hydrogen-bond acceptors (Lipinski definition) is 4. The molecule has 0 amide bonds. The van der Waals surface area contributed by atoms with Crippen LogP contribution in [0.4, 0.5) is 0 Å². The van der Waals surface area contributed by atoms with E-state index >= 15 is 0 Å². The second-order valence-corrected chi connectivity index (χ2v) is 8.60. The number of rotatable bonds is 7. The SMILES string of the molecule is CC(C)Oc1cccc(CNCC(C)(C)S(C)(=O)=O)c1. The lowest BCUT2D eigenvalue weighted by Crippen LogP contribution is -2.41. The molecule has 1 rings (SSSR count). The number of sulfone groups is 1. The molecular formula is C15H25NO3S. The molecule has 0 spiro atoms. The van der Waals surface area contributed by atoms with Gasteiger partial charge in [-0.1, -0.05) is 12.1 Å². The maximum absolute atomic E-state index is 11.6. The minimum atomic E-state index is -3.07. The highest BCUT2D eigenvalue weighted by Gasteiger charge is 2.29. The van der Waals surface area contributed by atoms with E-state index in [0.717, 1.165) is 11.3 Å². The summed E-state index contributed by atoms with van der Waals surface area (Å²) in [6.07, 6.45) is 1.41. The van der Waals surface area contributed by atoms with Crippen LogP contribution >= 0.6 is 0 Å². The first kappa shape index (κ1) is 17.0. The van der Waals surface area contributed by atoms with Gasteiger partial charge in [0.2, 0.25) is 0 Å². The summed E-state index contributed by atoms with van der Waals surface area (Å²) in [5.41, 5.74) is 1.08. The third-order valence-corrected chi connectivity index (χ3v) is 5.31. The van der Waals surface area contributed by atoms with Gasteiger partial charge in [0.1, 0.15) is 5.75 Å². The Hall–Kier alpha value is -1.07. The van der Waals surface area contributed by atoms with E-state index in [-0.39, 0.29) is 6.10 Å². The molecule has 0 bridgehead atoms. The van der Waals surface area contributed by atoms with E-state index in [9.17, 15) is 8.42 Å². The van der Waals surface area contributed by atoms with Gasteiger partial charge in [-0.2, -0.15) is 0 Å². The quantitative estimate of drug-likeness (QED) is 0.840. The van der Waals surface area contributed by atoms with E-state index in [4.69, 9.17) is 4.74 Å². The summed E-state index contributed by atoms with van der Waals surface area (Å²) >= 11 is 0. The van der Waals surface area contributed by atoms with Crippen molar-refractivity contribution in [2.45, 2.75) is 45.1 Å². The van der Waals surface area contributed by atoms with Gasteiger partial charge in [0.05, 0.1) is 10.9 Å². The molecule has 20 heavy (non-hydrogen) atoms. The van der Waals surface area contributed by atoms with Crippen molar-refractivity contribution in [3.63, 3.8) is 0 Å². The zero-order valence-corrected chi connectivity index (χ0v) is 13.8. The summed E-state index contributed by atoms with van der Waals surface area (Å²) in [6.45, 7) is 8.47. The highest BCUT2D eigenvalue weighted by atomic mass is 32.2. The van der Waals surface area contributed by atoms with E-state index in [1.165, 1.54) is 6.26 Å². The number of ether oxygens (including phenoxy) is 1. The zero-order valence-electron chi connectivity index (χ0n) is 12.9. The fourth-order valence-corrected chi connectivity index (χ4v) is 2.00. The summed E-state index contributed by atoms with van der Waals surface area (Å²) in [5.74, 6) is 0.835. The predicted octanol–water partition coefficient (Wildman–Crippen LogP) is 2.39. The van der Waals surface area contributed by atoms with Gasteiger partial charge in [0, 0.05) is 19.3 Å². The van der Waals surface area contributed by atoms with Crippen LogP contribution in [-0.4, -0.2) is 32.1 Å². The average molecular weight is 299 g/mol. The maximum Gasteiger partial charge on any atom is 0.153 e. The molecule has 5 heteroatoms. The van der Waals surface area contributed by atoms with Crippen molar-refractivity contribution in [1.29, 1.82) is 0 Å². The van der Waals surface area contributed by atoms with Gasteiger partial charge in [0.25, 0.3) is 0 Å². The zero-order chi connectivity index (χ0) is 15.4. The maximum atomic E-state index is 11.6. The van der Waals surface area contributed by atoms with Crippen molar-refractivity contribution in [1.82, 2.24) is 5.32 Å². The molecule has 1 aromatic rings. The molecule has 0 fully saturated rings. The van der Waals surface area contributed by atoms with Crippen molar-refractivity contribution in [3.05, 3.63) is 29.8 Å². The molecule has 4 nitrogen and oxygen atoms in total. The molecule has 0 heterocycles. The molecule has 1 aromatic carbocycles. The largest absolute Gasteiger partial charge is 0.491 e. The minimum Gasteiger partial charge on any atom is -0.491 e. The van der Waals surface area contributed by atoms with Crippen LogP contribution in [0.5, 0.6) is 5.75 Å². The number of benzene rings is 1. The van der Waals surface area contributed by atoms with Gasteiger partial charge < -0.3 is 10.1 Å². The van der Waals surface area contributed by atoms with Gasteiger partial charge in [-0.25, -0.2) is 8.42 Å². The first-order valence-corrected chi connectivity index (χ1v) is 8.67. The second-order valence-electron chi connectivity index (χ2n) is 5.95. The standard InChI is InChI=1S/C15H25NO3S/c1-12(2)19-14-8-6-7-13(9-14)10-16-11-15(3,4)20(5,17)18/h6-9,12,16H,10-11H2,1-5H3. The summed E-state index contributed by atoms with van der Waals surface area (Å²) in [6, 6.07) is 7.83. The van der Waals surface area contributed by atoms with E-state index in [2.05, 4.69) is 5.32 Å². The van der Waals surface area contributed by atoms with Crippen LogP contribution in [-0.2, 0) is 16.4 Å². The van der Waals surface area contributed by atoms with Crippen molar-refractivity contribution in [2.24, 2.45) is 0 Å². The molecule has 0 radical (unpaired) electrons. The van der Waals surface area contributed by atoms with Crippen molar-refractivity contribution in [3.8, 4) is 5.75 Å². The van der Waals surface area contributed by atoms with Gasteiger partial charge >= 0.3 is 0 Å². The Morgan fingerprint density at radius 2 is 1.95 bits per heavy atom. The highest BCUT2D eigenvalue weighted by Crippen LogP contribution is 2.16. The Morgan fingerprint density at radius 1 is 1.30 bits per heavy atom. The van der Waals surface area contributed by atoms with Crippen LogP contribution in [0.25, 0.3) is 0 Å². The Balaban J connectivity index is 2.59. The van der Waals surface area contributed by atoms with Gasteiger partial charge in [-0.15, -0.1) is 0 Å². The lowest BCUT2D eigenvalue weighted by atomic mass is 10.2. The molecular weight excluding hydrogens is 274 g/mol. The molecule has 0 atom stereocenters. The van der Waals surface area contributed by atoms with E-state index in [1.807, 2.05) is 38.1 Å². The summed E-state index contributed by atoms with van der Waals surface area (Å²) in [7, 11) is -3.07. The van der Waals surface area contributed by atoms with Crippen molar-refractivity contribution in [2.75, 3.05) is 12.8 Å². The molecule has 0 saturated carbocycles. The van der Waals surface area contributed by atoms with E-state index < -0.39 is 14.6 Å². The van der Waals surface area contributed by atoms with Crippen LogP contribution < -0.4 is 10.1 Å². The molecule has 0 aliphatic heterocycles. The van der Waals surface area contributed by atoms with Crippen LogP contribution in [0, 0.1) is 0 Å². The highest BCUT2D eigenvalue weighted by molar-refractivity contribution is 7.92. The van der Waals surface area contributed by atoms with Gasteiger partial charge in [0.15, 0.2) is 9.84 Å². The summed E-state index contributed by atoms with van der Waals surface area (Å²) in [4.78, 5) is 0. The van der Waals surface area contributed by atoms with Gasteiger partial charge in [-0.05, 0) is 45.4 Å². The Kier molecular flexibility index (Phi) is 5.59. The van der Waals surface area contributed by atoms with E-state index in [0.29, 0.717) is 13.1 Å². The molecule has 0 aliphatic rings. The second kappa shape index (κ2) is 6.59. The third kappa shape index (κ3) is 5.13. The van der Waals surface area contributed by atoms with Crippen LogP contribution in [0.3, 0.4) is 0 Å². The molecule has 0 unspecified atom stereocenters. The monoisotopic (exact) mass is 299 g/mol. The van der Waals surface area contributed by atoms with Crippen molar-refractivity contribution >= 4 is 9.84 Å². The van der Waals surface area contributed by atoms with E-state index in [1.54, 1.807) is 13.8 Å². The third-order valence-electron chi connectivity index (χ3n) is 3.15. The van der Waals surface area contributed by atoms with Crippen LogP contribution in [0.2, 0.25) is 0 Å². The fourth-order valence-electron chi connectivity index (χ4n) is 1.64. The molecule has 0 aliphatic carbocycles. The topological polar surface area (TPSA) is 55.4 Å². The van der Waals surface area contributed by atoms with Crippen LogP contribution in [0.1, 0.15) is 33.3 Å². The lowest BCUT2D eigenvalue weighted by molar-refractivity contribution is 0.242. The smallest absolute Gasteiger partial charge is 0.153 e. The first-order chi connectivity index (χ1) is 9.12. The average Bonchev–Trinajstić information content (AvgIpc) is 2.26. The Bertz CT molecular complexity index is 536. The normalized spacial score (nSPS) is 12.7. The molecule has 0 aromatic heterocycles. The molecule has 0 saturated heterocycles. The van der Waals surface area contributed by atoms with Gasteiger partial charge in [-0.3, -0.25) is 0 Å². The number of nitrogens with one attached hydrogen (secondary N) is 1. The fraction of sp³-hybridized carbons (Fsp3) is 0.600. The molecule has 114 valence electrons. The predicted molar refractivity (Wildman–Crippen MR) is 82.8 cm³/mol. The lowest BCUT2D eigenvalue weighted by Gasteiger charge is -2.23. The Labute approximate surface area is 122 Å². The minimum absolute atomic E-state index is 0.141.